The van der Waals surface area contributed by atoms with Gasteiger partial charge >= 0.3 is 0 Å². The Morgan fingerprint density at radius 2 is 2.04 bits per heavy atom. The highest BCUT2D eigenvalue weighted by Gasteiger charge is 2.10. The van der Waals surface area contributed by atoms with E-state index in [-0.39, 0.29) is 24.0 Å². The van der Waals surface area contributed by atoms with Gasteiger partial charge in [-0.2, -0.15) is 0 Å². The number of guanidine groups is 1. The van der Waals surface area contributed by atoms with E-state index < -0.39 is 0 Å². The highest BCUT2D eigenvalue weighted by Crippen LogP contribution is 2.30. The van der Waals surface area contributed by atoms with Gasteiger partial charge in [0.05, 0.1) is 18.2 Å². The molecule has 0 bridgehead atoms. The van der Waals surface area contributed by atoms with Crippen molar-refractivity contribution in [3.8, 4) is 11.5 Å². The third kappa shape index (κ3) is 6.53. The lowest BCUT2D eigenvalue weighted by atomic mass is 10.2. The molecular weight excluding hydrogens is 475 g/mol. The standard InChI is InChI=1S/C19H26N4O2S.HI/c1-3-15-13-22-18(26-15)7-8-21-19(20-2)23-12-14-5-6-16-17(11-14)25-10-4-9-24-16;/h5-6,11,13H,3-4,7-10,12H2,1-2H3,(H2,20,21,23);1H. The number of hydrogen-bond donors (Lipinski definition) is 2. The van der Waals surface area contributed by atoms with Crippen molar-refractivity contribution >= 4 is 41.3 Å². The molecule has 2 heterocycles. The summed E-state index contributed by atoms with van der Waals surface area (Å²) in [6.07, 6.45) is 4.83. The lowest BCUT2D eigenvalue weighted by Gasteiger charge is -2.13. The molecule has 1 aromatic heterocycles. The Labute approximate surface area is 181 Å². The van der Waals surface area contributed by atoms with Crippen molar-refractivity contribution in [1.29, 1.82) is 0 Å². The van der Waals surface area contributed by atoms with Gasteiger partial charge in [-0.3, -0.25) is 4.99 Å². The van der Waals surface area contributed by atoms with Gasteiger partial charge in [0.1, 0.15) is 0 Å². The summed E-state index contributed by atoms with van der Waals surface area (Å²) in [5.41, 5.74) is 1.13. The van der Waals surface area contributed by atoms with Crippen LogP contribution in [0.3, 0.4) is 0 Å². The minimum Gasteiger partial charge on any atom is -0.490 e. The van der Waals surface area contributed by atoms with Gasteiger partial charge in [-0.15, -0.1) is 35.3 Å². The fourth-order valence-corrected chi connectivity index (χ4v) is 3.50. The Kier molecular flexibility index (Phi) is 9.12. The molecule has 2 aromatic rings. The number of halogens is 1. The van der Waals surface area contributed by atoms with Gasteiger partial charge in [-0.05, 0) is 24.1 Å². The van der Waals surface area contributed by atoms with Crippen molar-refractivity contribution in [2.24, 2.45) is 4.99 Å². The summed E-state index contributed by atoms with van der Waals surface area (Å²) in [4.78, 5) is 10.1. The van der Waals surface area contributed by atoms with Crippen molar-refractivity contribution in [3.05, 3.63) is 39.8 Å². The fraction of sp³-hybridized carbons (Fsp3) is 0.474. The summed E-state index contributed by atoms with van der Waals surface area (Å²) in [6.45, 7) is 5.04. The lowest BCUT2D eigenvalue weighted by Crippen LogP contribution is -2.37. The van der Waals surface area contributed by atoms with Crippen LogP contribution in [0.4, 0.5) is 0 Å². The number of rotatable bonds is 6. The van der Waals surface area contributed by atoms with Crippen LogP contribution in [-0.2, 0) is 19.4 Å². The molecule has 0 amide bonds. The Morgan fingerprint density at radius 1 is 1.22 bits per heavy atom. The van der Waals surface area contributed by atoms with E-state index in [1.165, 1.54) is 4.88 Å². The Bertz CT molecular complexity index is 751. The summed E-state index contributed by atoms with van der Waals surface area (Å²) in [6, 6.07) is 6.06. The molecule has 1 aliphatic heterocycles. The number of aryl methyl sites for hydroxylation is 1. The van der Waals surface area contributed by atoms with Crippen molar-refractivity contribution in [2.75, 3.05) is 26.8 Å². The maximum atomic E-state index is 5.74. The van der Waals surface area contributed by atoms with Crippen LogP contribution < -0.4 is 20.1 Å². The lowest BCUT2D eigenvalue weighted by molar-refractivity contribution is 0.297. The van der Waals surface area contributed by atoms with Crippen LogP contribution in [0.5, 0.6) is 11.5 Å². The summed E-state index contributed by atoms with van der Waals surface area (Å²) in [5.74, 6) is 2.42. The number of hydrogen-bond acceptors (Lipinski definition) is 5. The number of nitrogens with zero attached hydrogens (tertiary/aromatic N) is 2. The second kappa shape index (κ2) is 11.3. The number of thiazole rings is 1. The quantitative estimate of drug-likeness (QED) is 0.360. The second-order valence-electron chi connectivity index (χ2n) is 6.01. The first kappa shape index (κ1) is 21.7. The van der Waals surface area contributed by atoms with Crippen LogP contribution in [0.25, 0.3) is 0 Å². The summed E-state index contributed by atoms with van der Waals surface area (Å²) in [5, 5.41) is 7.83. The maximum Gasteiger partial charge on any atom is 0.191 e. The number of aliphatic imine (C=N–C) groups is 1. The highest BCUT2D eigenvalue weighted by molar-refractivity contribution is 14.0. The van der Waals surface area contributed by atoms with Gasteiger partial charge < -0.3 is 20.1 Å². The average Bonchev–Trinajstić information content (AvgIpc) is 3.00. The molecule has 0 radical (unpaired) electrons. The number of ether oxygens (including phenoxy) is 2. The topological polar surface area (TPSA) is 67.8 Å². The molecular formula is C19H27IN4O2S. The average molecular weight is 502 g/mol. The van der Waals surface area contributed by atoms with E-state index in [0.717, 1.165) is 53.8 Å². The van der Waals surface area contributed by atoms with E-state index in [0.29, 0.717) is 19.8 Å². The Morgan fingerprint density at radius 3 is 2.78 bits per heavy atom. The molecule has 3 rings (SSSR count). The number of nitrogens with one attached hydrogen (secondary N) is 2. The maximum absolute atomic E-state index is 5.74. The number of aromatic nitrogens is 1. The zero-order valence-corrected chi connectivity index (χ0v) is 18.9. The molecule has 0 aliphatic carbocycles. The van der Waals surface area contributed by atoms with Crippen molar-refractivity contribution < 1.29 is 9.47 Å². The minimum atomic E-state index is 0. The largest absolute Gasteiger partial charge is 0.490 e. The summed E-state index contributed by atoms with van der Waals surface area (Å²) >= 11 is 1.78. The van der Waals surface area contributed by atoms with Crippen molar-refractivity contribution in [3.63, 3.8) is 0 Å². The number of fused-ring (bicyclic) bond motifs is 1. The normalized spacial score (nSPS) is 13.5. The zero-order chi connectivity index (χ0) is 18.2. The van der Waals surface area contributed by atoms with Gasteiger partial charge in [0.25, 0.3) is 0 Å². The molecule has 0 unspecified atom stereocenters. The molecule has 1 aliphatic rings. The smallest absolute Gasteiger partial charge is 0.191 e. The fourth-order valence-electron chi connectivity index (χ4n) is 2.64. The summed E-state index contributed by atoms with van der Waals surface area (Å²) in [7, 11) is 1.78. The van der Waals surface area contributed by atoms with E-state index >= 15 is 0 Å². The van der Waals surface area contributed by atoms with Gasteiger partial charge in [-0.25, -0.2) is 4.98 Å². The Hall–Kier alpha value is -1.55. The Balaban J connectivity index is 0.00000261. The zero-order valence-electron chi connectivity index (χ0n) is 15.8. The van der Waals surface area contributed by atoms with Crippen molar-refractivity contribution in [1.82, 2.24) is 15.6 Å². The van der Waals surface area contributed by atoms with Crippen LogP contribution in [0, 0.1) is 0 Å². The van der Waals surface area contributed by atoms with Crippen LogP contribution in [0.2, 0.25) is 0 Å². The van der Waals surface area contributed by atoms with E-state index in [9.17, 15) is 0 Å². The first-order chi connectivity index (χ1) is 12.8. The van der Waals surface area contributed by atoms with Crippen LogP contribution in [0.15, 0.2) is 29.4 Å². The van der Waals surface area contributed by atoms with E-state index in [1.54, 1.807) is 18.4 Å². The third-order valence-corrected chi connectivity index (χ3v) is 5.28. The van der Waals surface area contributed by atoms with Crippen molar-refractivity contribution in [2.45, 2.75) is 32.7 Å². The first-order valence-electron chi connectivity index (χ1n) is 9.05. The van der Waals surface area contributed by atoms with E-state index in [2.05, 4.69) is 33.6 Å². The van der Waals surface area contributed by atoms with Crippen LogP contribution in [-0.4, -0.2) is 37.7 Å². The third-order valence-electron chi connectivity index (χ3n) is 4.08. The molecule has 0 atom stereocenters. The van der Waals surface area contributed by atoms with Crippen LogP contribution in [0.1, 0.15) is 28.8 Å². The predicted molar refractivity (Wildman–Crippen MR) is 121 cm³/mol. The minimum absolute atomic E-state index is 0. The van der Waals surface area contributed by atoms with E-state index in [1.807, 2.05) is 18.3 Å². The molecule has 0 saturated heterocycles. The SMILES string of the molecule is CCc1cnc(CCNC(=NC)NCc2ccc3c(c2)OCCCO3)s1.I. The predicted octanol–water partition coefficient (Wildman–Crippen LogP) is 3.39. The van der Waals surface area contributed by atoms with Gasteiger partial charge in [0, 0.05) is 44.1 Å². The van der Waals surface area contributed by atoms with E-state index in [4.69, 9.17) is 9.47 Å². The molecule has 27 heavy (non-hydrogen) atoms. The molecule has 148 valence electrons. The molecule has 2 N–H and O–H groups in total. The van der Waals surface area contributed by atoms with Gasteiger partial charge in [0.15, 0.2) is 17.5 Å². The molecule has 0 fully saturated rings. The second-order valence-corrected chi connectivity index (χ2v) is 7.21. The molecule has 0 saturated carbocycles. The first-order valence-corrected chi connectivity index (χ1v) is 9.86. The van der Waals surface area contributed by atoms with Crippen LogP contribution >= 0.6 is 35.3 Å². The summed E-state index contributed by atoms with van der Waals surface area (Å²) < 4.78 is 11.4. The molecule has 0 spiro atoms. The number of benzene rings is 1. The monoisotopic (exact) mass is 502 g/mol. The molecule has 6 nitrogen and oxygen atoms in total. The van der Waals surface area contributed by atoms with Gasteiger partial charge in [0.2, 0.25) is 0 Å². The van der Waals surface area contributed by atoms with Gasteiger partial charge in [-0.1, -0.05) is 13.0 Å². The highest BCUT2D eigenvalue weighted by atomic mass is 127. The molecule has 8 heteroatoms. The molecule has 1 aromatic carbocycles.